The van der Waals surface area contributed by atoms with Crippen molar-refractivity contribution in [1.29, 1.82) is 5.26 Å². The maximum absolute atomic E-state index is 13.6. The van der Waals surface area contributed by atoms with E-state index in [1.807, 2.05) is 7.05 Å². The van der Waals surface area contributed by atoms with Crippen LogP contribution >= 0.6 is 11.8 Å². The van der Waals surface area contributed by atoms with E-state index in [1.165, 1.54) is 16.3 Å². The summed E-state index contributed by atoms with van der Waals surface area (Å²) in [7, 11) is 1.92. The van der Waals surface area contributed by atoms with Gasteiger partial charge in [0, 0.05) is 61.7 Å². The molecule has 1 aromatic heterocycles. The number of carbonyl (C=O) groups excluding carboxylic acids is 1. The number of nitriles is 1. The molecule has 1 saturated carbocycles. The second kappa shape index (κ2) is 12.4. The van der Waals surface area contributed by atoms with Gasteiger partial charge in [-0.2, -0.15) is 15.2 Å². The molecule has 1 amide bonds. The number of ether oxygens (including phenoxy) is 1. The lowest BCUT2D eigenvalue weighted by Crippen LogP contribution is -2.55. The standard InChI is InChI=1S/C36H39F2N7O2S/c1-5-31(46)45-17-16-44(20-25(45)12-14-39)33-27-13-15-43(29-11-7-10-24-9-6-8-23(2)32(24)29)21-28(27)40-34(41-33)47-22-30-35(3,48-30)42(4)26-18-36(37,38)19-26/h1,6-11,25-26,30H,12-13,15-22H2,2-4H3/t25-,30?,35-/m0/s1. The summed E-state index contributed by atoms with van der Waals surface area (Å²) < 4.78 is 33.5. The third-order valence-corrected chi connectivity index (χ3v) is 12.2. The number of aromatic nitrogens is 2. The number of halogens is 2. The largest absolute Gasteiger partial charge is 0.462 e. The number of nitrogens with zero attached hydrogens (tertiary/aromatic N) is 7. The molecule has 4 aliphatic rings. The van der Waals surface area contributed by atoms with Crippen molar-refractivity contribution in [3.63, 3.8) is 0 Å². The molecule has 48 heavy (non-hydrogen) atoms. The Bertz CT molecular complexity index is 1830. The van der Waals surface area contributed by atoms with Gasteiger partial charge in [-0.05, 0) is 50.3 Å². The van der Waals surface area contributed by atoms with Crippen LogP contribution < -0.4 is 14.5 Å². The molecule has 3 aliphatic heterocycles. The van der Waals surface area contributed by atoms with Crippen LogP contribution in [0.2, 0.25) is 0 Å². The van der Waals surface area contributed by atoms with Crippen molar-refractivity contribution in [3.8, 4) is 24.4 Å². The van der Waals surface area contributed by atoms with Gasteiger partial charge in [0.2, 0.25) is 0 Å². The number of rotatable bonds is 8. The van der Waals surface area contributed by atoms with E-state index < -0.39 is 11.8 Å². The minimum atomic E-state index is -2.57. The summed E-state index contributed by atoms with van der Waals surface area (Å²) in [5, 5.41) is 12.1. The predicted octanol–water partition coefficient (Wildman–Crippen LogP) is 5.00. The molecule has 3 fully saturated rings. The Morgan fingerprint density at radius 2 is 1.94 bits per heavy atom. The Morgan fingerprint density at radius 1 is 1.17 bits per heavy atom. The molecule has 3 atom stereocenters. The Kier molecular flexibility index (Phi) is 8.37. The molecule has 4 heterocycles. The van der Waals surface area contributed by atoms with Crippen molar-refractivity contribution in [2.45, 2.75) is 74.2 Å². The number of alkyl halides is 2. The van der Waals surface area contributed by atoms with E-state index in [0.717, 1.165) is 29.3 Å². The van der Waals surface area contributed by atoms with Gasteiger partial charge < -0.3 is 19.4 Å². The average Bonchev–Trinajstić information content (AvgIpc) is 3.75. The fourth-order valence-electron chi connectivity index (χ4n) is 7.54. The van der Waals surface area contributed by atoms with E-state index in [2.05, 4.69) is 76.9 Å². The smallest absolute Gasteiger partial charge is 0.318 e. The molecule has 1 aliphatic carbocycles. The van der Waals surface area contributed by atoms with Crippen molar-refractivity contribution < 1.29 is 18.3 Å². The second-order valence-electron chi connectivity index (χ2n) is 13.5. The van der Waals surface area contributed by atoms with Crippen LogP contribution in [-0.2, 0) is 17.8 Å². The normalized spacial score (nSPS) is 24.9. The van der Waals surface area contributed by atoms with Gasteiger partial charge in [0.05, 0.1) is 40.9 Å². The van der Waals surface area contributed by atoms with E-state index >= 15 is 0 Å². The zero-order valence-corrected chi connectivity index (χ0v) is 28.3. The van der Waals surface area contributed by atoms with Crippen molar-refractivity contribution in [3.05, 3.63) is 53.2 Å². The molecular weight excluding hydrogens is 633 g/mol. The minimum Gasteiger partial charge on any atom is -0.462 e. The van der Waals surface area contributed by atoms with Crippen LogP contribution in [0.5, 0.6) is 6.01 Å². The highest BCUT2D eigenvalue weighted by Gasteiger charge is 2.60. The second-order valence-corrected chi connectivity index (χ2v) is 15.1. The number of thioether (sulfide) groups is 1. The van der Waals surface area contributed by atoms with Crippen LogP contribution in [0.4, 0.5) is 20.3 Å². The maximum atomic E-state index is 13.6. The molecule has 9 nitrogen and oxygen atoms in total. The number of hydrogen-bond acceptors (Lipinski definition) is 9. The van der Waals surface area contributed by atoms with Gasteiger partial charge in [0.1, 0.15) is 12.4 Å². The summed E-state index contributed by atoms with van der Waals surface area (Å²) in [6.07, 6.45) is 6.11. The van der Waals surface area contributed by atoms with Gasteiger partial charge in [-0.1, -0.05) is 30.3 Å². The summed E-state index contributed by atoms with van der Waals surface area (Å²) in [4.78, 5) is 30.3. The number of amides is 1. The first kappa shape index (κ1) is 32.4. The Balaban J connectivity index is 1.17. The summed E-state index contributed by atoms with van der Waals surface area (Å²) in [5.74, 6) is -0.0141. The number of aryl methyl sites for hydroxylation is 1. The number of piperazine rings is 1. The predicted molar refractivity (Wildman–Crippen MR) is 183 cm³/mol. The third kappa shape index (κ3) is 5.90. The van der Waals surface area contributed by atoms with Crippen molar-refractivity contribution in [2.24, 2.45) is 0 Å². The first-order valence-electron chi connectivity index (χ1n) is 16.4. The van der Waals surface area contributed by atoms with Crippen LogP contribution in [0.3, 0.4) is 0 Å². The first-order valence-corrected chi connectivity index (χ1v) is 17.3. The van der Waals surface area contributed by atoms with Crippen molar-refractivity contribution >= 4 is 39.9 Å². The fourth-order valence-corrected chi connectivity index (χ4v) is 8.73. The topological polar surface area (TPSA) is 88.8 Å². The molecular formula is C36H39F2N7O2S. The Hall–Kier alpha value is -4.13. The lowest BCUT2D eigenvalue weighted by molar-refractivity contribution is -0.127. The molecule has 7 rings (SSSR count). The first-order chi connectivity index (χ1) is 23.0. The van der Waals surface area contributed by atoms with Crippen molar-refractivity contribution in [2.75, 3.05) is 49.6 Å². The minimum absolute atomic E-state index is 0.0910. The molecule has 0 bridgehead atoms. The van der Waals surface area contributed by atoms with Crippen LogP contribution in [0.1, 0.15) is 43.0 Å². The summed E-state index contributed by atoms with van der Waals surface area (Å²) in [6.45, 7) is 7.23. The van der Waals surface area contributed by atoms with Crippen LogP contribution in [-0.4, -0.2) is 93.6 Å². The van der Waals surface area contributed by atoms with E-state index in [1.54, 1.807) is 16.7 Å². The summed E-state index contributed by atoms with van der Waals surface area (Å²) in [6, 6.07) is 14.7. The van der Waals surface area contributed by atoms with Crippen molar-refractivity contribution in [1.82, 2.24) is 19.8 Å². The van der Waals surface area contributed by atoms with Gasteiger partial charge in [-0.3, -0.25) is 9.69 Å². The highest BCUT2D eigenvalue weighted by atomic mass is 32.2. The lowest BCUT2D eigenvalue weighted by Gasteiger charge is -2.43. The van der Waals surface area contributed by atoms with Crippen LogP contribution in [0.25, 0.3) is 10.8 Å². The van der Waals surface area contributed by atoms with E-state index in [9.17, 15) is 18.8 Å². The molecule has 2 saturated heterocycles. The molecule has 12 heteroatoms. The van der Waals surface area contributed by atoms with Crippen LogP contribution in [0.15, 0.2) is 36.4 Å². The van der Waals surface area contributed by atoms with Crippen LogP contribution in [0, 0.1) is 30.6 Å². The Morgan fingerprint density at radius 3 is 2.67 bits per heavy atom. The molecule has 3 aromatic rings. The molecule has 250 valence electrons. The van der Waals surface area contributed by atoms with Gasteiger partial charge >= 0.3 is 6.01 Å². The number of terminal acetylenes is 1. The third-order valence-electron chi connectivity index (χ3n) is 10.5. The van der Waals surface area contributed by atoms with Gasteiger partial charge in [0.15, 0.2) is 0 Å². The monoisotopic (exact) mass is 671 g/mol. The molecule has 0 N–H and O–H groups in total. The van der Waals surface area contributed by atoms with Gasteiger partial charge in [-0.15, -0.1) is 18.2 Å². The quantitative estimate of drug-likeness (QED) is 0.243. The highest BCUT2D eigenvalue weighted by molar-refractivity contribution is 8.08. The Labute approximate surface area is 284 Å². The maximum Gasteiger partial charge on any atom is 0.318 e. The zero-order valence-electron chi connectivity index (χ0n) is 27.5. The SMILES string of the molecule is C#CC(=O)N1CCN(c2nc(OCC3S[C@]3(C)N(C)C3CC(F)(F)C3)nc3c2CCN(c2cccc4cccc(C)c24)C3)C[C@@H]1CC#N. The lowest BCUT2D eigenvalue weighted by atomic mass is 9.86. The number of benzene rings is 2. The summed E-state index contributed by atoms with van der Waals surface area (Å²) >= 11 is 1.71. The van der Waals surface area contributed by atoms with Gasteiger partial charge in [0.25, 0.3) is 11.8 Å². The number of anilines is 2. The average molecular weight is 672 g/mol. The van der Waals surface area contributed by atoms with Gasteiger partial charge in [-0.25, -0.2) is 8.78 Å². The summed E-state index contributed by atoms with van der Waals surface area (Å²) in [5.41, 5.74) is 4.29. The number of hydrogen-bond donors (Lipinski definition) is 0. The van der Waals surface area contributed by atoms with E-state index in [-0.39, 0.29) is 47.5 Å². The molecule has 2 aromatic carbocycles. The molecule has 0 radical (unpaired) electrons. The number of carbonyl (C=O) groups is 1. The molecule has 1 unspecified atom stereocenters. The zero-order chi connectivity index (χ0) is 33.8. The number of fused-ring (bicyclic) bond motifs is 2. The van der Waals surface area contributed by atoms with E-state index in [0.29, 0.717) is 39.2 Å². The fraction of sp³-hybridized carbons (Fsp3) is 0.500. The van der Waals surface area contributed by atoms with E-state index in [4.69, 9.17) is 21.1 Å². The molecule has 0 spiro atoms. The highest BCUT2D eigenvalue weighted by Crippen LogP contribution is 2.58.